The highest BCUT2D eigenvalue weighted by Crippen LogP contribution is 2.25. The van der Waals surface area contributed by atoms with Gasteiger partial charge in [0.15, 0.2) is 0 Å². The van der Waals surface area contributed by atoms with Gasteiger partial charge in [0.05, 0.1) is 7.11 Å². The molecule has 0 amide bonds. The van der Waals surface area contributed by atoms with Crippen LogP contribution in [-0.2, 0) is 13.2 Å². The van der Waals surface area contributed by atoms with Crippen LogP contribution < -0.4 is 14.8 Å². The van der Waals surface area contributed by atoms with Gasteiger partial charge in [-0.25, -0.2) is 0 Å². The van der Waals surface area contributed by atoms with E-state index in [9.17, 15) is 0 Å². The molecule has 0 fully saturated rings. The van der Waals surface area contributed by atoms with Crippen molar-refractivity contribution in [3.63, 3.8) is 0 Å². The third-order valence-electron chi connectivity index (χ3n) is 2.87. The molecule has 0 spiro atoms. The van der Waals surface area contributed by atoms with Crippen molar-refractivity contribution >= 4 is 0 Å². The van der Waals surface area contributed by atoms with Gasteiger partial charge in [-0.2, -0.15) is 0 Å². The lowest BCUT2D eigenvalue weighted by Gasteiger charge is -2.11. The van der Waals surface area contributed by atoms with Crippen molar-refractivity contribution in [2.24, 2.45) is 0 Å². The van der Waals surface area contributed by atoms with Crippen LogP contribution >= 0.6 is 0 Å². The van der Waals surface area contributed by atoms with Crippen molar-refractivity contribution in [3.05, 3.63) is 59.7 Å². The van der Waals surface area contributed by atoms with E-state index in [1.807, 2.05) is 55.6 Å². The second-order valence-corrected chi connectivity index (χ2v) is 4.28. The van der Waals surface area contributed by atoms with Crippen LogP contribution in [0.3, 0.4) is 0 Å². The molecule has 0 saturated carbocycles. The van der Waals surface area contributed by atoms with E-state index in [1.54, 1.807) is 7.11 Å². The van der Waals surface area contributed by atoms with E-state index in [0.29, 0.717) is 6.61 Å². The van der Waals surface area contributed by atoms with Gasteiger partial charge in [-0.05, 0) is 18.7 Å². The van der Waals surface area contributed by atoms with Crippen LogP contribution in [0, 0.1) is 0 Å². The van der Waals surface area contributed by atoms with Crippen molar-refractivity contribution in [1.29, 1.82) is 0 Å². The molecule has 0 aliphatic heterocycles. The summed E-state index contributed by atoms with van der Waals surface area (Å²) in [5.74, 6) is 1.67. The average Bonchev–Trinajstić information content (AvgIpc) is 2.47. The first-order valence-electron chi connectivity index (χ1n) is 6.31. The topological polar surface area (TPSA) is 30.5 Å². The SMILES string of the molecule is CNCc1ccc(OCc2ccccc2)cc1OC. The Morgan fingerprint density at radius 2 is 1.84 bits per heavy atom. The number of methoxy groups -OCH3 is 1. The Morgan fingerprint density at radius 1 is 1.05 bits per heavy atom. The van der Waals surface area contributed by atoms with Crippen LogP contribution in [0.2, 0.25) is 0 Å². The third kappa shape index (κ3) is 3.73. The molecule has 0 unspecified atom stereocenters. The first kappa shape index (κ1) is 13.4. The first-order chi connectivity index (χ1) is 9.33. The lowest BCUT2D eigenvalue weighted by Crippen LogP contribution is -2.06. The molecule has 0 bridgehead atoms. The van der Waals surface area contributed by atoms with E-state index >= 15 is 0 Å². The number of benzene rings is 2. The summed E-state index contributed by atoms with van der Waals surface area (Å²) in [6, 6.07) is 16.0. The quantitative estimate of drug-likeness (QED) is 0.863. The molecule has 2 aromatic carbocycles. The van der Waals surface area contributed by atoms with Crippen molar-refractivity contribution in [3.8, 4) is 11.5 Å². The minimum Gasteiger partial charge on any atom is -0.496 e. The van der Waals surface area contributed by atoms with Crippen molar-refractivity contribution in [2.75, 3.05) is 14.2 Å². The predicted molar refractivity (Wildman–Crippen MR) is 76.5 cm³/mol. The molecule has 0 heterocycles. The average molecular weight is 257 g/mol. The second-order valence-electron chi connectivity index (χ2n) is 4.28. The molecule has 0 aromatic heterocycles. The zero-order valence-corrected chi connectivity index (χ0v) is 11.3. The molecule has 0 aliphatic rings. The summed E-state index contributed by atoms with van der Waals surface area (Å²) in [6.45, 7) is 1.34. The van der Waals surface area contributed by atoms with Crippen molar-refractivity contribution in [1.82, 2.24) is 5.32 Å². The fourth-order valence-electron chi connectivity index (χ4n) is 1.89. The Morgan fingerprint density at radius 3 is 2.53 bits per heavy atom. The number of rotatable bonds is 6. The third-order valence-corrected chi connectivity index (χ3v) is 2.87. The van der Waals surface area contributed by atoms with Crippen LogP contribution in [0.1, 0.15) is 11.1 Å². The van der Waals surface area contributed by atoms with Gasteiger partial charge in [-0.1, -0.05) is 36.4 Å². The minimum atomic E-state index is 0.565. The molecule has 100 valence electrons. The predicted octanol–water partition coefficient (Wildman–Crippen LogP) is 2.99. The molecular formula is C16H19NO2. The number of hydrogen-bond donors (Lipinski definition) is 1. The van der Waals surface area contributed by atoms with Crippen LogP contribution in [0.25, 0.3) is 0 Å². The molecule has 0 saturated heterocycles. The van der Waals surface area contributed by atoms with Gasteiger partial charge in [-0.3, -0.25) is 0 Å². The largest absolute Gasteiger partial charge is 0.496 e. The van der Waals surface area contributed by atoms with Gasteiger partial charge >= 0.3 is 0 Å². The molecule has 2 aromatic rings. The summed E-state index contributed by atoms with van der Waals surface area (Å²) in [6.07, 6.45) is 0. The number of nitrogens with one attached hydrogen (secondary N) is 1. The van der Waals surface area contributed by atoms with Gasteiger partial charge in [-0.15, -0.1) is 0 Å². The molecule has 19 heavy (non-hydrogen) atoms. The van der Waals surface area contributed by atoms with E-state index in [-0.39, 0.29) is 0 Å². The van der Waals surface area contributed by atoms with Crippen molar-refractivity contribution < 1.29 is 9.47 Å². The Bertz CT molecular complexity index is 511. The van der Waals surface area contributed by atoms with E-state index in [2.05, 4.69) is 5.32 Å². The van der Waals surface area contributed by atoms with Gasteiger partial charge in [0, 0.05) is 18.2 Å². The van der Waals surface area contributed by atoms with E-state index in [0.717, 1.165) is 29.2 Å². The molecule has 0 radical (unpaired) electrons. The highest BCUT2D eigenvalue weighted by atomic mass is 16.5. The highest BCUT2D eigenvalue weighted by molar-refractivity contribution is 5.40. The maximum atomic E-state index is 5.77. The zero-order valence-electron chi connectivity index (χ0n) is 11.3. The van der Waals surface area contributed by atoms with Crippen LogP contribution in [0.5, 0.6) is 11.5 Å². The van der Waals surface area contributed by atoms with Crippen LogP contribution in [-0.4, -0.2) is 14.2 Å². The van der Waals surface area contributed by atoms with E-state index in [1.165, 1.54) is 0 Å². The van der Waals surface area contributed by atoms with E-state index < -0.39 is 0 Å². The Balaban J connectivity index is 2.05. The summed E-state index contributed by atoms with van der Waals surface area (Å²) in [5.41, 5.74) is 2.28. The summed E-state index contributed by atoms with van der Waals surface area (Å²) in [5, 5.41) is 3.12. The molecule has 3 heteroatoms. The monoisotopic (exact) mass is 257 g/mol. The normalized spacial score (nSPS) is 10.2. The fourth-order valence-corrected chi connectivity index (χ4v) is 1.89. The van der Waals surface area contributed by atoms with Gasteiger partial charge in [0.2, 0.25) is 0 Å². The second kappa shape index (κ2) is 6.81. The smallest absolute Gasteiger partial charge is 0.127 e. The van der Waals surface area contributed by atoms with E-state index in [4.69, 9.17) is 9.47 Å². The first-order valence-corrected chi connectivity index (χ1v) is 6.31. The number of hydrogen-bond acceptors (Lipinski definition) is 3. The minimum absolute atomic E-state index is 0.565. The lowest BCUT2D eigenvalue weighted by atomic mass is 10.2. The van der Waals surface area contributed by atoms with Crippen LogP contribution in [0.4, 0.5) is 0 Å². The van der Waals surface area contributed by atoms with Crippen LogP contribution in [0.15, 0.2) is 48.5 Å². The molecular weight excluding hydrogens is 238 g/mol. The fraction of sp³-hybridized carbons (Fsp3) is 0.250. The molecule has 3 nitrogen and oxygen atoms in total. The van der Waals surface area contributed by atoms with Gasteiger partial charge in [0.25, 0.3) is 0 Å². The summed E-state index contributed by atoms with van der Waals surface area (Å²) >= 11 is 0. The summed E-state index contributed by atoms with van der Waals surface area (Å²) in [7, 11) is 3.59. The molecule has 2 rings (SSSR count). The highest BCUT2D eigenvalue weighted by Gasteiger charge is 2.04. The van der Waals surface area contributed by atoms with Gasteiger partial charge in [0.1, 0.15) is 18.1 Å². The molecule has 0 aliphatic carbocycles. The Hall–Kier alpha value is -2.00. The van der Waals surface area contributed by atoms with Gasteiger partial charge < -0.3 is 14.8 Å². The maximum absolute atomic E-state index is 5.77. The standard InChI is InChI=1S/C16H19NO2/c1-17-11-14-8-9-15(10-16(14)18-2)19-12-13-6-4-3-5-7-13/h3-10,17H,11-12H2,1-2H3. The summed E-state index contributed by atoms with van der Waals surface area (Å²) < 4.78 is 11.1. The van der Waals surface area contributed by atoms with Crippen molar-refractivity contribution in [2.45, 2.75) is 13.2 Å². The maximum Gasteiger partial charge on any atom is 0.127 e. The number of ether oxygens (including phenoxy) is 2. The Kier molecular flexibility index (Phi) is 4.81. The molecule has 1 N–H and O–H groups in total. The Labute approximate surface area is 114 Å². The summed E-state index contributed by atoms with van der Waals surface area (Å²) in [4.78, 5) is 0. The lowest BCUT2D eigenvalue weighted by molar-refractivity contribution is 0.303. The zero-order chi connectivity index (χ0) is 13.5. The molecule has 0 atom stereocenters.